The summed E-state index contributed by atoms with van der Waals surface area (Å²) < 4.78 is 0. The molecule has 0 aromatic heterocycles. The monoisotopic (exact) mass is 399 g/mol. The lowest BCUT2D eigenvalue weighted by Gasteiger charge is -2.33. The SMILES string of the molecule is O=C(O)C1CCCN1C(c1ccc(Cl)cc1Cl)c1cccc2ccccc12. The van der Waals surface area contributed by atoms with Crippen LogP contribution in [0.4, 0.5) is 0 Å². The highest BCUT2D eigenvalue weighted by molar-refractivity contribution is 6.35. The van der Waals surface area contributed by atoms with Crippen molar-refractivity contribution in [3.05, 3.63) is 81.8 Å². The van der Waals surface area contributed by atoms with E-state index in [4.69, 9.17) is 23.2 Å². The van der Waals surface area contributed by atoms with Crippen LogP contribution in [0, 0.1) is 0 Å². The zero-order valence-corrected chi connectivity index (χ0v) is 16.1. The van der Waals surface area contributed by atoms with Gasteiger partial charge in [0.25, 0.3) is 0 Å². The van der Waals surface area contributed by atoms with Crippen LogP contribution in [0.5, 0.6) is 0 Å². The van der Waals surface area contributed by atoms with E-state index in [0.29, 0.717) is 23.0 Å². The molecule has 2 unspecified atom stereocenters. The van der Waals surface area contributed by atoms with Crippen molar-refractivity contribution in [3.8, 4) is 0 Å². The molecule has 0 aliphatic carbocycles. The Hall–Kier alpha value is -2.07. The number of benzene rings is 3. The maximum absolute atomic E-state index is 11.9. The van der Waals surface area contributed by atoms with Gasteiger partial charge in [0.05, 0.1) is 6.04 Å². The van der Waals surface area contributed by atoms with E-state index in [-0.39, 0.29) is 6.04 Å². The summed E-state index contributed by atoms with van der Waals surface area (Å²) in [5.74, 6) is -0.789. The molecule has 27 heavy (non-hydrogen) atoms. The van der Waals surface area contributed by atoms with E-state index >= 15 is 0 Å². The molecule has 2 atom stereocenters. The highest BCUT2D eigenvalue weighted by atomic mass is 35.5. The third kappa shape index (κ3) is 3.43. The molecule has 1 fully saturated rings. The average molecular weight is 400 g/mol. The second-order valence-electron chi connectivity index (χ2n) is 6.87. The molecule has 1 heterocycles. The first-order valence-corrected chi connectivity index (χ1v) is 9.73. The van der Waals surface area contributed by atoms with E-state index in [2.05, 4.69) is 29.2 Å². The molecular formula is C22H19Cl2NO2. The molecule has 3 aromatic carbocycles. The van der Waals surface area contributed by atoms with E-state index in [1.807, 2.05) is 30.3 Å². The fourth-order valence-electron chi connectivity index (χ4n) is 4.10. The molecule has 4 rings (SSSR count). The van der Waals surface area contributed by atoms with Gasteiger partial charge in [-0.25, -0.2) is 0 Å². The lowest BCUT2D eigenvalue weighted by molar-refractivity contribution is -0.142. The van der Waals surface area contributed by atoms with Gasteiger partial charge in [0, 0.05) is 16.6 Å². The summed E-state index contributed by atoms with van der Waals surface area (Å²) in [5.41, 5.74) is 1.94. The Morgan fingerprint density at radius 2 is 1.81 bits per heavy atom. The third-order valence-electron chi connectivity index (χ3n) is 5.29. The highest BCUT2D eigenvalue weighted by Gasteiger charge is 2.38. The standard InChI is InChI=1S/C22H19Cl2NO2/c23-15-10-11-18(19(24)13-15)21(25-12-4-9-20(25)22(26)27)17-8-3-6-14-5-1-2-7-16(14)17/h1-3,5-8,10-11,13,20-21H,4,9,12H2,(H,26,27). The minimum absolute atomic E-state index is 0.246. The molecule has 0 saturated carbocycles. The van der Waals surface area contributed by atoms with Gasteiger partial charge in [-0.2, -0.15) is 0 Å². The summed E-state index contributed by atoms with van der Waals surface area (Å²) in [6.07, 6.45) is 1.49. The molecule has 0 bridgehead atoms. The number of hydrogen-bond donors (Lipinski definition) is 1. The molecule has 3 nitrogen and oxygen atoms in total. The number of fused-ring (bicyclic) bond motifs is 1. The second kappa shape index (κ2) is 7.51. The summed E-state index contributed by atoms with van der Waals surface area (Å²) in [4.78, 5) is 13.9. The van der Waals surface area contributed by atoms with Gasteiger partial charge < -0.3 is 5.11 Å². The van der Waals surface area contributed by atoms with Gasteiger partial charge in [0.2, 0.25) is 0 Å². The number of rotatable bonds is 4. The smallest absolute Gasteiger partial charge is 0.320 e. The van der Waals surface area contributed by atoms with Crippen LogP contribution in [-0.4, -0.2) is 28.6 Å². The normalized spacial score (nSPS) is 18.7. The van der Waals surface area contributed by atoms with Crippen LogP contribution < -0.4 is 0 Å². The molecule has 1 aliphatic rings. The molecule has 1 N–H and O–H groups in total. The Morgan fingerprint density at radius 1 is 1.04 bits per heavy atom. The first-order chi connectivity index (χ1) is 13.1. The summed E-state index contributed by atoms with van der Waals surface area (Å²) in [6.45, 7) is 0.712. The van der Waals surface area contributed by atoms with Crippen molar-refractivity contribution in [2.75, 3.05) is 6.54 Å². The summed E-state index contributed by atoms with van der Waals surface area (Å²) in [5, 5.41) is 13.1. The van der Waals surface area contributed by atoms with Crippen molar-refractivity contribution in [3.63, 3.8) is 0 Å². The lowest BCUT2D eigenvalue weighted by atomic mass is 9.92. The number of carboxylic acids is 1. The van der Waals surface area contributed by atoms with Gasteiger partial charge in [-0.15, -0.1) is 0 Å². The van der Waals surface area contributed by atoms with E-state index in [9.17, 15) is 9.90 Å². The minimum Gasteiger partial charge on any atom is -0.480 e. The molecule has 0 radical (unpaired) electrons. The average Bonchev–Trinajstić information content (AvgIpc) is 3.13. The van der Waals surface area contributed by atoms with E-state index < -0.39 is 12.0 Å². The molecule has 5 heteroatoms. The van der Waals surface area contributed by atoms with Crippen molar-refractivity contribution >= 4 is 39.9 Å². The molecule has 0 amide bonds. The topological polar surface area (TPSA) is 40.5 Å². The Bertz CT molecular complexity index is 999. The van der Waals surface area contributed by atoms with E-state index in [1.54, 1.807) is 6.07 Å². The Kier molecular flexibility index (Phi) is 5.09. The summed E-state index contributed by atoms with van der Waals surface area (Å²) >= 11 is 12.7. The quantitative estimate of drug-likeness (QED) is 0.603. The Morgan fingerprint density at radius 3 is 2.59 bits per heavy atom. The number of carbonyl (C=O) groups is 1. The first-order valence-electron chi connectivity index (χ1n) is 8.97. The predicted octanol–water partition coefficient (Wildman–Crippen LogP) is 5.79. The van der Waals surface area contributed by atoms with Crippen LogP contribution in [0.1, 0.15) is 30.0 Å². The van der Waals surface area contributed by atoms with Gasteiger partial charge in [-0.3, -0.25) is 9.69 Å². The van der Waals surface area contributed by atoms with Crippen LogP contribution in [-0.2, 0) is 4.79 Å². The fourth-order valence-corrected chi connectivity index (χ4v) is 4.61. The zero-order valence-electron chi connectivity index (χ0n) is 14.6. The number of hydrogen-bond acceptors (Lipinski definition) is 2. The third-order valence-corrected chi connectivity index (χ3v) is 5.85. The van der Waals surface area contributed by atoms with Gasteiger partial charge in [-0.1, -0.05) is 71.7 Å². The van der Waals surface area contributed by atoms with Gasteiger partial charge in [0.15, 0.2) is 0 Å². The molecule has 1 aliphatic heterocycles. The molecular weight excluding hydrogens is 381 g/mol. The van der Waals surface area contributed by atoms with Crippen LogP contribution >= 0.6 is 23.2 Å². The Balaban J connectivity index is 1.94. The maximum atomic E-state index is 11.9. The first kappa shape index (κ1) is 18.3. The number of nitrogens with zero attached hydrogens (tertiary/aromatic N) is 1. The van der Waals surface area contributed by atoms with Crippen molar-refractivity contribution in [1.29, 1.82) is 0 Å². The van der Waals surface area contributed by atoms with Crippen LogP contribution in [0.2, 0.25) is 10.0 Å². The fraction of sp³-hybridized carbons (Fsp3) is 0.227. The number of aliphatic carboxylic acids is 1. The molecule has 138 valence electrons. The van der Waals surface area contributed by atoms with Gasteiger partial charge >= 0.3 is 5.97 Å². The van der Waals surface area contributed by atoms with E-state index in [1.165, 1.54) is 0 Å². The van der Waals surface area contributed by atoms with Gasteiger partial charge in [0.1, 0.15) is 6.04 Å². The lowest BCUT2D eigenvalue weighted by Crippen LogP contribution is -2.39. The number of halogens is 2. The van der Waals surface area contributed by atoms with Crippen LogP contribution in [0.3, 0.4) is 0 Å². The van der Waals surface area contributed by atoms with Crippen molar-refractivity contribution in [2.45, 2.75) is 24.9 Å². The summed E-state index contributed by atoms with van der Waals surface area (Å²) in [6, 6.07) is 19.0. The van der Waals surface area contributed by atoms with Crippen molar-refractivity contribution in [2.24, 2.45) is 0 Å². The van der Waals surface area contributed by atoms with Crippen molar-refractivity contribution < 1.29 is 9.90 Å². The van der Waals surface area contributed by atoms with Crippen molar-refractivity contribution in [1.82, 2.24) is 4.90 Å². The van der Waals surface area contributed by atoms with Gasteiger partial charge in [-0.05, 0) is 46.9 Å². The largest absolute Gasteiger partial charge is 0.480 e. The molecule has 1 saturated heterocycles. The minimum atomic E-state index is -0.789. The second-order valence-corrected chi connectivity index (χ2v) is 7.71. The van der Waals surface area contributed by atoms with Crippen LogP contribution in [0.25, 0.3) is 10.8 Å². The number of carboxylic acid groups (broad SMARTS) is 1. The highest BCUT2D eigenvalue weighted by Crippen LogP contribution is 2.41. The zero-order chi connectivity index (χ0) is 19.0. The predicted molar refractivity (Wildman–Crippen MR) is 110 cm³/mol. The maximum Gasteiger partial charge on any atom is 0.320 e. The number of likely N-dealkylation sites (tertiary alicyclic amines) is 1. The summed E-state index contributed by atoms with van der Waals surface area (Å²) in [7, 11) is 0. The van der Waals surface area contributed by atoms with E-state index in [0.717, 1.165) is 28.3 Å². The Labute approximate surface area is 168 Å². The van der Waals surface area contributed by atoms with Crippen LogP contribution in [0.15, 0.2) is 60.7 Å². The molecule has 0 spiro atoms. The molecule has 3 aromatic rings.